The fourth-order valence-electron chi connectivity index (χ4n) is 2.47. The molecule has 5 heteroatoms. The first kappa shape index (κ1) is 17.5. The van der Waals surface area contributed by atoms with Gasteiger partial charge in [0, 0.05) is 24.8 Å². The molecule has 0 atom stereocenters. The second kappa shape index (κ2) is 8.15. The summed E-state index contributed by atoms with van der Waals surface area (Å²) in [5, 5.41) is 8.02. The zero-order valence-electron chi connectivity index (χ0n) is 14.3. The summed E-state index contributed by atoms with van der Waals surface area (Å²) in [6.07, 6.45) is 1.12. The summed E-state index contributed by atoms with van der Waals surface area (Å²) < 4.78 is 0. The lowest BCUT2D eigenvalue weighted by Gasteiger charge is -2.10. The SMILES string of the molecule is CNC(=O)Nc1cccc(NC(=O)CCc2ccc(C)cc2C)c1. The second-order valence-electron chi connectivity index (χ2n) is 5.76. The first-order chi connectivity index (χ1) is 11.5. The minimum atomic E-state index is -0.298. The van der Waals surface area contributed by atoms with Crippen LogP contribution in [0.3, 0.4) is 0 Å². The van der Waals surface area contributed by atoms with E-state index in [1.54, 1.807) is 31.3 Å². The minimum absolute atomic E-state index is 0.0490. The number of anilines is 2. The number of benzene rings is 2. The quantitative estimate of drug-likeness (QED) is 0.785. The molecule has 0 aromatic heterocycles. The van der Waals surface area contributed by atoms with Crippen molar-refractivity contribution in [2.75, 3.05) is 17.7 Å². The van der Waals surface area contributed by atoms with E-state index >= 15 is 0 Å². The number of carbonyl (C=O) groups excluding carboxylic acids is 2. The van der Waals surface area contributed by atoms with Crippen LogP contribution >= 0.6 is 0 Å². The van der Waals surface area contributed by atoms with Crippen LogP contribution in [0.4, 0.5) is 16.2 Å². The van der Waals surface area contributed by atoms with Crippen molar-refractivity contribution in [1.82, 2.24) is 5.32 Å². The van der Waals surface area contributed by atoms with Gasteiger partial charge in [-0.15, -0.1) is 0 Å². The van der Waals surface area contributed by atoms with E-state index in [-0.39, 0.29) is 11.9 Å². The lowest BCUT2D eigenvalue weighted by molar-refractivity contribution is -0.116. The topological polar surface area (TPSA) is 70.2 Å². The third-order valence-electron chi connectivity index (χ3n) is 3.75. The summed E-state index contributed by atoms with van der Waals surface area (Å²) in [6, 6.07) is 13.0. The van der Waals surface area contributed by atoms with E-state index in [9.17, 15) is 9.59 Å². The fraction of sp³-hybridized carbons (Fsp3) is 0.263. The van der Waals surface area contributed by atoms with E-state index in [1.165, 1.54) is 16.7 Å². The molecular formula is C19H23N3O2. The molecule has 0 aliphatic carbocycles. The highest BCUT2D eigenvalue weighted by Gasteiger charge is 2.06. The van der Waals surface area contributed by atoms with Crippen molar-refractivity contribution in [1.29, 1.82) is 0 Å². The van der Waals surface area contributed by atoms with Gasteiger partial charge in [-0.2, -0.15) is 0 Å². The summed E-state index contributed by atoms with van der Waals surface area (Å²) in [6.45, 7) is 4.12. The maximum absolute atomic E-state index is 12.1. The fourth-order valence-corrected chi connectivity index (χ4v) is 2.47. The highest BCUT2D eigenvalue weighted by Crippen LogP contribution is 2.16. The summed E-state index contributed by atoms with van der Waals surface area (Å²) in [5.74, 6) is -0.0490. The molecular weight excluding hydrogens is 302 g/mol. The standard InChI is InChI=1S/C19H23N3O2/c1-13-7-8-15(14(2)11-13)9-10-18(23)21-16-5-4-6-17(12-16)22-19(24)20-3/h4-8,11-12H,9-10H2,1-3H3,(H,21,23)(H2,20,22,24). The predicted molar refractivity (Wildman–Crippen MR) is 97.4 cm³/mol. The van der Waals surface area contributed by atoms with Crippen molar-refractivity contribution in [3.05, 3.63) is 59.2 Å². The van der Waals surface area contributed by atoms with E-state index in [4.69, 9.17) is 0 Å². The van der Waals surface area contributed by atoms with E-state index in [0.717, 1.165) is 0 Å². The Morgan fingerprint density at radius 1 is 0.958 bits per heavy atom. The molecule has 2 aromatic rings. The van der Waals surface area contributed by atoms with Gasteiger partial charge < -0.3 is 16.0 Å². The van der Waals surface area contributed by atoms with Crippen LogP contribution < -0.4 is 16.0 Å². The van der Waals surface area contributed by atoms with Crippen molar-refractivity contribution >= 4 is 23.3 Å². The minimum Gasteiger partial charge on any atom is -0.341 e. The third-order valence-corrected chi connectivity index (χ3v) is 3.75. The largest absolute Gasteiger partial charge is 0.341 e. The van der Waals surface area contributed by atoms with E-state index in [2.05, 4.69) is 48.0 Å². The monoisotopic (exact) mass is 325 g/mol. The zero-order valence-corrected chi connectivity index (χ0v) is 14.3. The van der Waals surface area contributed by atoms with Crippen LogP contribution in [-0.2, 0) is 11.2 Å². The highest BCUT2D eigenvalue weighted by atomic mass is 16.2. The van der Waals surface area contributed by atoms with Gasteiger partial charge in [0.25, 0.3) is 0 Å². The number of rotatable bonds is 5. The molecule has 0 bridgehead atoms. The molecule has 3 N–H and O–H groups in total. The first-order valence-corrected chi connectivity index (χ1v) is 7.92. The molecule has 0 spiro atoms. The van der Waals surface area contributed by atoms with E-state index in [1.807, 2.05) is 0 Å². The molecule has 5 nitrogen and oxygen atoms in total. The Labute approximate surface area is 142 Å². The van der Waals surface area contributed by atoms with Crippen molar-refractivity contribution in [3.63, 3.8) is 0 Å². The van der Waals surface area contributed by atoms with Gasteiger partial charge in [0.15, 0.2) is 0 Å². The molecule has 2 aromatic carbocycles. The van der Waals surface area contributed by atoms with Crippen LogP contribution in [0, 0.1) is 13.8 Å². The average molecular weight is 325 g/mol. The summed E-state index contributed by atoms with van der Waals surface area (Å²) >= 11 is 0. The van der Waals surface area contributed by atoms with Gasteiger partial charge in [-0.3, -0.25) is 4.79 Å². The van der Waals surface area contributed by atoms with Gasteiger partial charge in [0.05, 0.1) is 0 Å². The molecule has 0 saturated carbocycles. The Morgan fingerprint density at radius 2 is 1.67 bits per heavy atom. The molecule has 0 unspecified atom stereocenters. The van der Waals surface area contributed by atoms with Crippen molar-refractivity contribution < 1.29 is 9.59 Å². The lowest BCUT2D eigenvalue weighted by Crippen LogP contribution is -2.24. The zero-order chi connectivity index (χ0) is 17.5. The van der Waals surface area contributed by atoms with Gasteiger partial charge in [-0.05, 0) is 49.6 Å². The van der Waals surface area contributed by atoms with Crippen LogP contribution in [0.5, 0.6) is 0 Å². The van der Waals surface area contributed by atoms with Crippen LogP contribution in [-0.4, -0.2) is 19.0 Å². The van der Waals surface area contributed by atoms with E-state index < -0.39 is 0 Å². The van der Waals surface area contributed by atoms with Crippen LogP contribution in [0.2, 0.25) is 0 Å². The Bertz CT molecular complexity index is 741. The van der Waals surface area contributed by atoms with Gasteiger partial charge >= 0.3 is 6.03 Å². The molecule has 2 rings (SSSR count). The molecule has 0 heterocycles. The average Bonchev–Trinajstić information content (AvgIpc) is 2.54. The number of amides is 3. The molecule has 0 saturated heterocycles. The maximum atomic E-state index is 12.1. The molecule has 126 valence electrons. The molecule has 24 heavy (non-hydrogen) atoms. The third kappa shape index (κ3) is 5.12. The van der Waals surface area contributed by atoms with Crippen molar-refractivity contribution in [3.8, 4) is 0 Å². The van der Waals surface area contributed by atoms with Gasteiger partial charge in [-0.25, -0.2) is 4.79 Å². The maximum Gasteiger partial charge on any atom is 0.318 e. The second-order valence-corrected chi connectivity index (χ2v) is 5.76. The first-order valence-electron chi connectivity index (χ1n) is 7.92. The normalized spacial score (nSPS) is 10.1. The lowest BCUT2D eigenvalue weighted by atomic mass is 10.0. The number of hydrogen-bond acceptors (Lipinski definition) is 2. The molecule has 3 amide bonds. The van der Waals surface area contributed by atoms with E-state index in [0.29, 0.717) is 24.2 Å². The molecule has 0 aliphatic heterocycles. The van der Waals surface area contributed by atoms with Gasteiger partial charge in [0.2, 0.25) is 5.91 Å². The predicted octanol–water partition coefficient (Wildman–Crippen LogP) is 3.63. The number of urea groups is 1. The Hall–Kier alpha value is -2.82. The summed E-state index contributed by atoms with van der Waals surface area (Å²) in [7, 11) is 1.55. The molecule has 0 radical (unpaired) electrons. The summed E-state index contributed by atoms with van der Waals surface area (Å²) in [4.78, 5) is 23.5. The van der Waals surface area contributed by atoms with Gasteiger partial charge in [-0.1, -0.05) is 29.8 Å². The Morgan fingerprint density at radius 3 is 2.33 bits per heavy atom. The highest BCUT2D eigenvalue weighted by molar-refractivity contribution is 5.93. The number of nitrogens with one attached hydrogen (secondary N) is 3. The number of carbonyl (C=O) groups is 2. The number of hydrogen-bond donors (Lipinski definition) is 3. The Kier molecular flexibility index (Phi) is 5.95. The summed E-state index contributed by atoms with van der Waals surface area (Å²) in [5.41, 5.74) is 4.91. The van der Waals surface area contributed by atoms with Crippen molar-refractivity contribution in [2.45, 2.75) is 26.7 Å². The van der Waals surface area contributed by atoms with Crippen molar-refractivity contribution in [2.24, 2.45) is 0 Å². The number of aryl methyl sites for hydroxylation is 3. The van der Waals surface area contributed by atoms with Crippen LogP contribution in [0.1, 0.15) is 23.1 Å². The van der Waals surface area contributed by atoms with Crippen LogP contribution in [0.25, 0.3) is 0 Å². The molecule has 0 aliphatic rings. The molecule has 0 fully saturated rings. The van der Waals surface area contributed by atoms with Crippen LogP contribution in [0.15, 0.2) is 42.5 Å². The smallest absolute Gasteiger partial charge is 0.318 e. The van der Waals surface area contributed by atoms with Gasteiger partial charge in [0.1, 0.15) is 0 Å². The Balaban J connectivity index is 1.92.